The van der Waals surface area contributed by atoms with Gasteiger partial charge in [-0.25, -0.2) is 0 Å². The van der Waals surface area contributed by atoms with Gasteiger partial charge in [0.15, 0.2) is 6.10 Å². The summed E-state index contributed by atoms with van der Waals surface area (Å²) in [4.78, 5) is 31.6. The summed E-state index contributed by atoms with van der Waals surface area (Å²) in [7, 11) is 0. The third kappa shape index (κ3) is 16.7. The van der Waals surface area contributed by atoms with E-state index < -0.39 is 24.0 Å². The van der Waals surface area contributed by atoms with Crippen molar-refractivity contribution in [3.8, 4) is 0 Å². The van der Waals surface area contributed by atoms with Crippen molar-refractivity contribution in [3.63, 3.8) is 0 Å². The molecule has 0 aliphatic rings. The lowest BCUT2D eigenvalue weighted by Crippen LogP contribution is -2.29. The molecule has 0 bridgehead atoms. The third-order valence-electron chi connectivity index (χ3n) is 1.28. The molecule has 0 rings (SSSR count). The highest BCUT2D eigenvalue weighted by molar-refractivity contribution is 5.67. The highest BCUT2D eigenvalue weighted by Crippen LogP contribution is 1.97. The minimum absolute atomic E-state index is 0. The van der Waals surface area contributed by atoms with Gasteiger partial charge in [-0.05, 0) is 0 Å². The van der Waals surface area contributed by atoms with Gasteiger partial charge in [-0.3, -0.25) is 23.8 Å². The number of carbonyl (C=O) groups excluding carboxylic acids is 3. The van der Waals surface area contributed by atoms with E-state index in [4.69, 9.17) is 4.74 Å². The predicted octanol–water partition coefficient (Wildman–Crippen LogP) is 0.511. The van der Waals surface area contributed by atoms with E-state index in [0.29, 0.717) is 0 Å². The number of halogens is 2. The van der Waals surface area contributed by atoms with E-state index in [1.54, 1.807) is 0 Å². The van der Waals surface area contributed by atoms with Gasteiger partial charge in [0.05, 0.1) is 0 Å². The van der Waals surface area contributed by atoms with Gasteiger partial charge in [-0.2, -0.15) is 0 Å². The highest BCUT2D eigenvalue weighted by Gasteiger charge is 2.15. The third-order valence-corrected chi connectivity index (χ3v) is 1.28. The summed E-state index contributed by atoms with van der Waals surface area (Å²) in [5, 5.41) is 0. The quantitative estimate of drug-likeness (QED) is 0.574. The van der Waals surface area contributed by atoms with Gasteiger partial charge in [0.1, 0.15) is 13.2 Å². The van der Waals surface area contributed by atoms with E-state index in [1.807, 2.05) is 0 Å². The van der Waals surface area contributed by atoms with Gasteiger partial charge < -0.3 is 20.4 Å². The molecule has 0 saturated carbocycles. The summed E-state index contributed by atoms with van der Waals surface area (Å²) in [5.41, 5.74) is 0. The van der Waals surface area contributed by atoms with Gasteiger partial charge in [0.25, 0.3) is 0 Å². The molecule has 0 atom stereocenters. The minimum atomic E-state index is -0.754. The SMILES string of the molecule is CC(=O)OCC(COC(C)=O)OC(C)=O.F.F.N. The van der Waals surface area contributed by atoms with Crippen LogP contribution in [0.3, 0.4) is 0 Å². The molecule has 110 valence electrons. The topological polar surface area (TPSA) is 114 Å². The molecule has 0 unspecified atom stereocenters. The average Bonchev–Trinajstić information content (AvgIpc) is 2.08. The van der Waals surface area contributed by atoms with Crippen molar-refractivity contribution in [3.05, 3.63) is 0 Å². The number of rotatable bonds is 5. The molecule has 0 spiro atoms. The molecule has 0 amide bonds. The molecule has 0 saturated heterocycles. The normalized spacial score (nSPS) is 8.00. The van der Waals surface area contributed by atoms with Crippen LogP contribution in [0.2, 0.25) is 0 Å². The fraction of sp³-hybridized carbons (Fsp3) is 0.667. The van der Waals surface area contributed by atoms with E-state index in [-0.39, 0.29) is 28.8 Å². The molecule has 0 aliphatic heterocycles. The summed E-state index contributed by atoms with van der Waals surface area (Å²) in [6.07, 6.45) is -0.754. The Labute approximate surface area is 103 Å². The molecule has 9 heteroatoms. The maximum Gasteiger partial charge on any atom is 0.303 e. The zero-order valence-electron chi connectivity index (χ0n) is 10.5. The standard InChI is InChI=1S/C9H14O6.2FH.H3N/c1-6(10)13-4-9(15-8(3)12)5-14-7(2)11;;;/h9H,4-5H2,1-3H3;2*1H;1H3. The predicted molar refractivity (Wildman–Crippen MR) is 58.8 cm³/mol. The van der Waals surface area contributed by atoms with Gasteiger partial charge in [0, 0.05) is 20.8 Å². The van der Waals surface area contributed by atoms with Crippen LogP contribution in [0.1, 0.15) is 20.8 Å². The minimum Gasteiger partial charge on any atom is -0.462 e. The highest BCUT2D eigenvalue weighted by atomic mass is 19.0. The van der Waals surface area contributed by atoms with Crippen LogP contribution in [-0.2, 0) is 28.6 Å². The smallest absolute Gasteiger partial charge is 0.303 e. The fourth-order valence-corrected chi connectivity index (χ4v) is 0.771. The summed E-state index contributed by atoms with van der Waals surface area (Å²) >= 11 is 0. The van der Waals surface area contributed by atoms with Crippen LogP contribution < -0.4 is 6.15 Å². The van der Waals surface area contributed by atoms with E-state index in [0.717, 1.165) is 0 Å². The van der Waals surface area contributed by atoms with E-state index in [2.05, 4.69) is 9.47 Å². The Morgan fingerprint density at radius 2 is 1.17 bits per heavy atom. The molecular weight excluding hydrogens is 256 g/mol. The van der Waals surface area contributed by atoms with Crippen LogP contribution in [-0.4, -0.2) is 37.2 Å². The molecule has 0 heterocycles. The van der Waals surface area contributed by atoms with Crippen LogP contribution in [0, 0.1) is 0 Å². The molecule has 0 fully saturated rings. The molecule has 0 aliphatic carbocycles. The van der Waals surface area contributed by atoms with Crippen molar-refractivity contribution in [1.29, 1.82) is 0 Å². The lowest BCUT2D eigenvalue weighted by atomic mass is 10.4. The zero-order valence-corrected chi connectivity index (χ0v) is 10.5. The molecule has 0 radical (unpaired) electrons. The second-order valence-corrected chi connectivity index (χ2v) is 2.84. The van der Waals surface area contributed by atoms with Crippen molar-refractivity contribution in [2.45, 2.75) is 26.9 Å². The van der Waals surface area contributed by atoms with Crippen LogP contribution in [0.5, 0.6) is 0 Å². The number of ether oxygens (including phenoxy) is 3. The first-order chi connectivity index (χ1) is 6.91. The summed E-state index contributed by atoms with van der Waals surface area (Å²) in [5.74, 6) is -1.51. The van der Waals surface area contributed by atoms with Crippen LogP contribution in [0.4, 0.5) is 9.41 Å². The number of hydrogen-bond acceptors (Lipinski definition) is 7. The lowest BCUT2D eigenvalue weighted by molar-refractivity contribution is -0.163. The Morgan fingerprint density at radius 1 is 0.833 bits per heavy atom. The number of esters is 3. The largest absolute Gasteiger partial charge is 0.462 e. The Morgan fingerprint density at radius 3 is 1.39 bits per heavy atom. The maximum absolute atomic E-state index is 10.6. The van der Waals surface area contributed by atoms with Crippen molar-refractivity contribution in [1.82, 2.24) is 6.15 Å². The summed E-state index contributed by atoms with van der Waals surface area (Å²) < 4.78 is 14.0. The average molecular weight is 275 g/mol. The van der Waals surface area contributed by atoms with Crippen molar-refractivity contribution in [2.24, 2.45) is 0 Å². The Hall–Kier alpha value is -1.77. The number of hydrogen-bond donors (Lipinski definition) is 1. The first kappa shape index (κ1) is 25.2. The number of carbonyl (C=O) groups is 3. The van der Waals surface area contributed by atoms with Crippen LogP contribution in [0.25, 0.3) is 0 Å². The van der Waals surface area contributed by atoms with Crippen molar-refractivity contribution < 1.29 is 38.0 Å². The second-order valence-electron chi connectivity index (χ2n) is 2.84. The molecule has 18 heavy (non-hydrogen) atoms. The zero-order chi connectivity index (χ0) is 11.8. The summed E-state index contributed by atoms with van der Waals surface area (Å²) in [6, 6.07) is 0. The second kappa shape index (κ2) is 13.3. The fourth-order valence-electron chi connectivity index (χ4n) is 0.771. The maximum atomic E-state index is 10.6. The van der Waals surface area contributed by atoms with Gasteiger partial charge in [-0.1, -0.05) is 0 Å². The van der Waals surface area contributed by atoms with Gasteiger partial charge in [0.2, 0.25) is 0 Å². The first-order valence-corrected chi connectivity index (χ1v) is 4.35. The lowest BCUT2D eigenvalue weighted by Gasteiger charge is -2.15. The van der Waals surface area contributed by atoms with Crippen molar-refractivity contribution in [2.75, 3.05) is 13.2 Å². The summed E-state index contributed by atoms with van der Waals surface area (Å²) in [6.45, 7) is 3.44. The molecule has 7 nitrogen and oxygen atoms in total. The molecule has 3 N–H and O–H groups in total. The van der Waals surface area contributed by atoms with Crippen LogP contribution in [0.15, 0.2) is 0 Å². The Bertz CT molecular complexity index is 243. The molecule has 0 aromatic rings. The first-order valence-electron chi connectivity index (χ1n) is 4.35. The van der Waals surface area contributed by atoms with E-state index in [1.165, 1.54) is 20.8 Å². The molecular formula is C9H19F2NO6. The van der Waals surface area contributed by atoms with Crippen molar-refractivity contribution >= 4 is 17.9 Å². The van der Waals surface area contributed by atoms with Gasteiger partial charge >= 0.3 is 17.9 Å². The molecule has 0 aromatic heterocycles. The van der Waals surface area contributed by atoms with E-state index in [9.17, 15) is 14.4 Å². The Balaban J connectivity index is -0.000000327. The van der Waals surface area contributed by atoms with Gasteiger partial charge in [-0.15, -0.1) is 0 Å². The van der Waals surface area contributed by atoms with E-state index >= 15 is 0 Å². The Kier molecular flexibility index (Phi) is 18.6. The van der Waals surface area contributed by atoms with Crippen LogP contribution >= 0.6 is 0 Å². The molecule has 0 aromatic carbocycles. The monoisotopic (exact) mass is 275 g/mol.